The van der Waals surface area contributed by atoms with Crippen LogP contribution in [-0.2, 0) is 0 Å². The van der Waals surface area contributed by atoms with Crippen LogP contribution >= 0.6 is 0 Å². The zero-order chi connectivity index (χ0) is 22.3. The SMILES string of the molecule is CCOc1ccccc1N1CCN(C(=O)NC2CCN(c3ccc(C#N)cc3)CC2)CC1. The van der Waals surface area contributed by atoms with Gasteiger partial charge in [0.25, 0.3) is 0 Å². The van der Waals surface area contributed by atoms with E-state index in [1.54, 1.807) is 0 Å². The van der Waals surface area contributed by atoms with E-state index in [1.165, 1.54) is 0 Å². The number of piperazine rings is 1. The third-order valence-electron chi connectivity index (χ3n) is 6.26. The molecule has 2 amide bonds. The summed E-state index contributed by atoms with van der Waals surface area (Å²) in [6.45, 7) is 7.45. The topological polar surface area (TPSA) is 71.8 Å². The van der Waals surface area contributed by atoms with Crippen molar-refractivity contribution in [3.8, 4) is 11.8 Å². The summed E-state index contributed by atoms with van der Waals surface area (Å²) in [6.07, 6.45) is 1.85. The Morgan fingerprint density at radius 1 is 1.00 bits per heavy atom. The minimum Gasteiger partial charge on any atom is -0.492 e. The third kappa shape index (κ3) is 5.08. The van der Waals surface area contributed by atoms with Gasteiger partial charge in [0.1, 0.15) is 5.75 Å². The zero-order valence-corrected chi connectivity index (χ0v) is 18.7. The maximum atomic E-state index is 12.8. The second-order valence-corrected chi connectivity index (χ2v) is 8.24. The highest BCUT2D eigenvalue weighted by molar-refractivity contribution is 5.75. The molecular formula is C25H31N5O2. The highest BCUT2D eigenvalue weighted by Gasteiger charge is 2.26. The molecule has 168 valence electrons. The van der Waals surface area contributed by atoms with E-state index in [0.717, 1.165) is 56.1 Å². The number of anilines is 2. The van der Waals surface area contributed by atoms with Crippen molar-refractivity contribution in [3.63, 3.8) is 0 Å². The Bertz CT molecular complexity index is 940. The predicted molar refractivity (Wildman–Crippen MR) is 126 cm³/mol. The van der Waals surface area contributed by atoms with Crippen molar-refractivity contribution in [2.75, 3.05) is 55.7 Å². The van der Waals surface area contributed by atoms with Gasteiger partial charge < -0.3 is 24.8 Å². The molecule has 2 aliphatic rings. The highest BCUT2D eigenvalue weighted by Crippen LogP contribution is 2.29. The van der Waals surface area contributed by atoms with Crippen LogP contribution < -0.4 is 19.9 Å². The number of piperidine rings is 1. The summed E-state index contributed by atoms with van der Waals surface area (Å²) >= 11 is 0. The summed E-state index contributed by atoms with van der Waals surface area (Å²) in [5.41, 5.74) is 2.92. The van der Waals surface area contributed by atoms with E-state index in [2.05, 4.69) is 27.3 Å². The van der Waals surface area contributed by atoms with Crippen LogP contribution in [0.5, 0.6) is 5.75 Å². The number of nitrogens with one attached hydrogen (secondary N) is 1. The van der Waals surface area contributed by atoms with Gasteiger partial charge in [0.15, 0.2) is 0 Å². The number of hydrogen-bond acceptors (Lipinski definition) is 5. The van der Waals surface area contributed by atoms with E-state index in [4.69, 9.17) is 10.00 Å². The number of hydrogen-bond donors (Lipinski definition) is 1. The lowest BCUT2D eigenvalue weighted by Crippen LogP contribution is -2.55. The van der Waals surface area contributed by atoms with Gasteiger partial charge in [-0.2, -0.15) is 5.26 Å². The van der Waals surface area contributed by atoms with Gasteiger partial charge in [0.2, 0.25) is 0 Å². The number of rotatable bonds is 5. The average molecular weight is 434 g/mol. The van der Waals surface area contributed by atoms with Crippen molar-refractivity contribution in [3.05, 3.63) is 54.1 Å². The van der Waals surface area contributed by atoms with Crippen LogP contribution in [0.4, 0.5) is 16.2 Å². The normalized spacial score (nSPS) is 17.1. The Morgan fingerprint density at radius 3 is 2.34 bits per heavy atom. The van der Waals surface area contributed by atoms with Gasteiger partial charge in [-0.25, -0.2) is 4.79 Å². The molecule has 2 aromatic rings. The van der Waals surface area contributed by atoms with Crippen LogP contribution in [0, 0.1) is 11.3 Å². The fraction of sp³-hybridized carbons (Fsp3) is 0.440. The zero-order valence-electron chi connectivity index (χ0n) is 18.7. The minimum absolute atomic E-state index is 0.0413. The van der Waals surface area contributed by atoms with Gasteiger partial charge in [0, 0.05) is 51.0 Å². The molecule has 0 unspecified atom stereocenters. The number of ether oxygens (including phenoxy) is 1. The molecule has 0 saturated carbocycles. The number of carbonyl (C=O) groups is 1. The van der Waals surface area contributed by atoms with Crippen LogP contribution in [0.15, 0.2) is 48.5 Å². The first-order valence-corrected chi connectivity index (χ1v) is 11.4. The number of amides is 2. The van der Waals surface area contributed by atoms with Gasteiger partial charge in [-0.3, -0.25) is 0 Å². The summed E-state index contributed by atoms with van der Waals surface area (Å²) in [5.74, 6) is 0.905. The smallest absolute Gasteiger partial charge is 0.317 e. The molecule has 4 rings (SSSR count). The van der Waals surface area contributed by atoms with Crippen LogP contribution in [0.1, 0.15) is 25.3 Å². The van der Waals surface area contributed by atoms with Gasteiger partial charge >= 0.3 is 6.03 Å². The first kappa shape index (κ1) is 21.8. The number of carbonyl (C=O) groups excluding carboxylic acids is 1. The van der Waals surface area contributed by atoms with Crippen molar-refractivity contribution in [2.45, 2.75) is 25.8 Å². The molecule has 7 nitrogen and oxygen atoms in total. The van der Waals surface area contributed by atoms with Crippen molar-refractivity contribution in [2.24, 2.45) is 0 Å². The molecule has 2 aromatic carbocycles. The molecule has 2 heterocycles. The van der Waals surface area contributed by atoms with E-state index in [-0.39, 0.29) is 12.1 Å². The molecule has 0 atom stereocenters. The number of urea groups is 1. The maximum Gasteiger partial charge on any atom is 0.317 e. The first-order valence-electron chi connectivity index (χ1n) is 11.4. The maximum absolute atomic E-state index is 12.8. The summed E-state index contributed by atoms with van der Waals surface area (Å²) < 4.78 is 5.76. The molecule has 0 aromatic heterocycles. The van der Waals surface area contributed by atoms with E-state index < -0.39 is 0 Å². The highest BCUT2D eigenvalue weighted by atomic mass is 16.5. The quantitative estimate of drug-likeness (QED) is 0.782. The van der Waals surface area contributed by atoms with Crippen molar-refractivity contribution < 1.29 is 9.53 Å². The number of nitriles is 1. The standard InChI is InChI=1S/C25H31N5O2/c1-2-32-24-6-4-3-5-23(24)29-15-17-30(18-16-29)25(31)27-21-11-13-28(14-12-21)22-9-7-20(19-26)8-10-22/h3-10,21H,2,11-18H2,1H3,(H,27,31). The van der Waals surface area contributed by atoms with Crippen molar-refractivity contribution >= 4 is 17.4 Å². The molecule has 1 N–H and O–H groups in total. The Balaban J connectivity index is 1.24. The molecule has 0 bridgehead atoms. The molecule has 2 fully saturated rings. The van der Waals surface area contributed by atoms with Gasteiger partial charge in [0.05, 0.1) is 23.9 Å². The monoisotopic (exact) mass is 433 g/mol. The van der Waals surface area contributed by atoms with Crippen LogP contribution in [0.25, 0.3) is 0 Å². The summed E-state index contributed by atoms with van der Waals surface area (Å²) in [7, 11) is 0. The fourth-order valence-corrected chi connectivity index (χ4v) is 4.44. The third-order valence-corrected chi connectivity index (χ3v) is 6.26. The van der Waals surface area contributed by atoms with Crippen molar-refractivity contribution in [1.29, 1.82) is 5.26 Å². The molecule has 0 radical (unpaired) electrons. The Hall–Kier alpha value is -3.40. The van der Waals surface area contributed by atoms with Crippen LogP contribution in [-0.4, -0.2) is 62.8 Å². The Kier molecular flexibility index (Phi) is 7.00. The Labute approximate surface area is 190 Å². The summed E-state index contributed by atoms with van der Waals surface area (Å²) in [5, 5.41) is 12.2. The second kappa shape index (κ2) is 10.3. The minimum atomic E-state index is 0.0413. The largest absolute Gasteiger partial charge is 0.492 e. The van der Waals surface area contributed by atoms with Gasteiger partial charge in [-0.15, -0.1) is 0 Å². The predicted octanol–water partition coefficient (Wildman–Crippen LogP) is 3.46. The summed E-state index contributed by atoms with van der Waals surface area (Å²) in [4.78, 5) is 19.4. The summed E-state index contributed by atoms with van der Waals surface area (Å²) in [6, 6.07) is 18.2. The molecule has 32 heavy (non-hydrogen) atoms. The van der Waals surface area contributed by atoms with E-state index in [1.807, 2.05) is 54.3 Å². The second-order valence-electron chi connectivity index (χ2n) is 8.24. The molecular weight excluding hydrogens is 402 g/mol. The fourth-order valence-electron chi connectivity index (χ4n) is 4.44. The Morgan fingerprint density at radius 2 is 1.69 bits per heavy atom. The average Bonchev–Trinajstić information content (AvgIpc) is 2.85. The molecule has 2 saturated heterocycles. The molecule has 0 spiro atoms. The lowest BCUT2D eigenvalue weighted by atomic mass is 10.0. The molecule has 7 heteroatoms. The van der Waals surface area contributed by atoms with E-state index in [0.29, 0.717) is 25.3 Å². The number of nitrogens with zero attached hydrogens (tertiary/aromatic N) is 4. The number of para-hydroxylation sites is 2. The van der Waals surface area contributed by atoms with Crippen LogP contribution in [0.2, 0.25) is 0 Å². The first-order chi connectivity index (χ1) is 15.7. The lowest BCUT2D eigenvalue weighted by Gasteiger charge is -2.38. The van der Waals surface area contributed by atoms with E-state index in [9.17, 15) is 4.79 Å². The number of benzene rings is 2. The lowest BCUT2D eigenvalue weighted by molar-refractivity contribution is 0.188. The van der Waals surface area contributed by atoms with Crippen LogP contribution in [0.3, 0.4) is 0 Å². The van der Waals surface area contributed by atoms with Gasteiger partial charge in [-0.05, 0) is 56.2 Å². The van der Waals surface area contributed by atoms with Gasteiger partial charge in [-0.1, -0.05) is 12.1 Å². The molecule has 0 aliphatic carbocycles. The van der Waals surface area contributed by atoms with Crippen molar-refractivity contribution in [1.82, 2.24) is 10.2 Å². The molecule has 2 aliphatic heterocycles. The van der Waals surface area contributed by atoms with E-state index >= 15 is 0 Å².